The third kappa shape index (κ3) is 6.91. The maximum absolute atomic E-state index is 14.5. The Morgan fingerprint density at radius 1 is 1.00 bits per heavy atom. The van der Waals surface area contributed by atoms with Crippen LogP contribution < -0.4 is 0 Å². The van der Waals surface area contributed by atoms with Crippen molar-refractivity contribution in [1.82, 2.24) is 9.97 Å². The van der Waals surface area contributed by atoms with E-state index in [1.165, 1.54) is 18.4 Å². The van der Waals surface area contributed by atoms with Gasteiger partial charge in [-0.25, -0.2) is 26.6 Å². The fourth-order valence-corrected chi connectivity index (χ4v) is 5.88. The fraction of sp³-hybridized carbons (Fsp3) is 0.414. The van der Waals surface area contributed by atoms with Crippen LogP contribution in [0.5, 0.6) is 0 Å². The van der Waals surface area contributed by atoms with E-state index in [-0.39, 0.29) is 48.3 Å². The smallest absolute Gasteiger partial charge is 0.185 e. The lowest BCUT2D eigenvalue weighted by Gasteiger charge is -2.39. The maximum Gasteiger partial charge on any atom is 0.185 e. The van der Waals surface area contributed by atoms with E-state index in [9.17, 15) is 26.4 Å². The predicted molar refractivity (Wildman–Crippen MR) is 142 cm³/mol. The molecule has 0 saturated heterocycles. The van der Waals surface area contributed by atoms with Crippen LogP contribution >= 0.6 is 0 Å². The molecule has 10 heteroatoms. The van der Waals surface area contributed by atoms with Gasteiger partial charge < -0.3 is 4.74 Å². The second kappa shape index (κ2) is 12.0. The monoisotopic (exact) mass is 560 g/mol. The molecule has 2 heterocycles. The molecule has 2 unspecified atom stereocenters. The number of aromatic nitrogens is 2. The maximum atomic E-state index is 14.5. The number of carbonyl (C=O) groups is 1. The predicted octanol–water partition coefficient (Wildman–Crippen LogP) is 5.57. The van der Waals surface area contributed by atoms with Crippen molar-refractivity contribution < 1.29 is 31.1 Å². The minimum Gasteiger partial charge on any atom is -0.377 e. The fourth-order valence-electron chi connectivity index (χ4n) is 5.49. The Balaban J connectivity index is 1.52. The molecule has 0 amide bonds. The molecule has 39 heavy (non-hydrogen) atoms. The van der Waals surface area contributed by atoms with Crippen molar-refractivity contribution >= 4 is 15.6 Å². The van der Waals surface area contributed by atoms with Crippen molar-refractivity contribution in [3.63, 3.8) is 0 Å². The third-order valence-corrected chi connectivity index (χ3v) is 8.17. The minimum absolute atomic E-state index is 0.0221. The highest BCUT2D eigenvalue weighted by atomic mass is 32.2. The first-order chi connectivity index (χ1) is 18.4. The molecular weight excluding hydrogens is 529 g/mol. The molecule has 1 aliphatic carbocycles. The summed E-state index contributed by atoms with van der Waals surface area (Å²) >= 11 is 0. The van der Waals surface area contributed by atoms with Crippen molar-refractivity contribution in [2.75, 3.05) is 18.6 Å². The number of Topliss-reactive ketones (excluding diaryl/α,β-unsaturated/α-hetero) is 1. The van der Waals surface area contributed by atoms with Crippen molar-refractivity contribution in [1.29, 1.82) is 0 Å². The van der Waals surface area contributed by atoms with Crippen LogP contribution in [0.15, 0.2) is 48.8 Å². The summed E-state index contributed by atoms with van der Waals surface area (Å²) in [6, 6.07) is 7.25. The Hall–Kier alpha value is -3.11. The molecule has 0 bridgehead atoms. The molecule has 0 aliphatic heterocycles. The number of ketones is 1. The largest absolute Gasteiger partial charge is 0.377 e. The number of rotatable bonds is 9. The van der Waals surface area contributed by atoms with Crippen LogP contribution in [0.3, 0.4) is 0 Å². The average Bonchev–Trinajstić information content (AvgIpc) is 2.86. The van der Waals surface area contributed by atoms with Crippen LogP contribution in [0.1, 0.15) is 54.2 Å². The molecule has 3 aromatic rings. The van der Waals surface area contributed by atoms with Crippen LogP contribution in [-0.4, -0.2) is 48.9 Å². The van der Waals surface area contributed by atoms with Gasteiger partial charge in [-0.2, -0.15) is 0 Å². The van der Waals surface area contributed by atoms with Crippen LogP contribution in [0.4, 0.5) is 13.2 Å². The minimum atomic E-state index is -3.11. The lowest BCUT2D eigenvalue weighted by atomic mass is 9.71. The Kier molecular flexibility index (Phi) is 8.86. The van der Waals surface area contributed by atoms with Crippen LogP contribution in [0.2, 0.25) is 0 Å². The summed E-state index contributed by atoms with van der Waals surface area (Å²) in [6.45, 7) is 4.30. The van der Waals surface area contributed by atoms with E-state index in [4.69, 9.17) is 4.74 Å². The summed E-state index contributed by atoms with van der Waals surface area (Å²) in [4.78, 5) is 21.4. The number of hydrogen-bond acceptors (Lipinski definition) is 6. The summed E-state index contributed by atoms with van der Waals surface area (Å²) in [6.07, 6.45) is 5.91. The lowest BCUT2D eigenvalue weighted by Crippen LogP contribution is -2.37. The molecule has 1 fully saturated rings. The summed E-state index contributed by atoms with van der Waals surface area (Å²) in [5.74, 6) is -2.89. The molecular formula is C29H31F3N2O4S. The standard InChI is InChI=1S/C29H31F3N2O4S/c1-17-13-19(14-18(2)29(17)38-11-12-39(3,36)37)21-9-10-33-16-20(21)15-26(35)25-8-7-24(32)28(34-25)27-22(30)5-4-6-23(27)31/h4-10,16-19,29H,11-15H2,1-3H3/t17-,18+,19?,29?. The SMILES string of the molecule is C[C@@H]1CC(c2ccncc2CC(=O)c2ccc(F)c(-c3c(F)cccc3F)n2)C[C@H](C)C1OCCS(C)(=O)=O. The van der Waals surface area contributed by atoms with Crippen molar-refractivity contribution in [3.05, 3.63) is 83.1 Å². The molecule has 1 aromatic carbocycles. The normalized spacial score (nSPS) is 21.6. The quantitative estimate of drug-likeness (QED) is 0.318. The van der Waals surface area contributed by atoms with E-state index < -0.39 is 44.3 Å². The van der Waals surface area contributed by atoms with Crippen molar-refractivity contribution in [3.8, 4) is 11.3 Å². The summed E-state index contributed by atoms with van der Waals surface area (Å²) in [5, 5.41) is 0. The Morgan fingerprint density at radius 2 is 1.67 bits per heavy atom. The van der Waals surface area contributed by atoms with Crippen molar-refractivity contribution in [2.24, 2.45) is 11.8 Å². The second-order valence-electron chi connectivity index (χ2n) is 10.4. The molecule has 4 rings (SSSR count). The van der Waals surface area contributed by atoms with Crippen molar-refractivity contribution in [2.45, 2.75) is 45.1 Å². The zero-order chi connectivity index (χ0) is 28.3. The van der Waals surface area contributed by atoms with E-state index in [0.717, 1.165) is 36.6 Å². The van der Waals surface area contributed by atoms with E-state index in [0.29, 0.717) is 5.56 Å². The van der Waals surface area contributed by atoms with Gasteiger partial charge in [-0.3, -0.25) is 9.78 Å². The zero-order valence-electron chi connectivity index (χ0n) is 22.0. The first kappa shape index (κ1) is 28.9. The van der Waals surface area contributed by atoms with Gasteiger partial charge in [0.25, 0.3) is 0 Å². The van der Waals surface area contributed by atoms with Gasteiger partial charge >= 0.3 is 0 Å². The molecule has 4 atom stereocenters. The molecule has 0 N–H and O–H groups in total. The molecule has 1 aliphatic rings. The highest BCUT2D eigenvalue weighted by Crippen LogP contribution is 2.42. The van der Waals surface area contributed by atoms with Gasteiger partial charge in [-0.05, 0) is 72.1 Å². The molecule has 0 radical (unpaired) electrons. The van der Waals surface area contributed by atoms with Crippen LogP contribution in [0.25, 0.3) is 11.3 Å². The van der Waals surface area contributed by atoms with E-state index in [1.54, 1.807) is 12.4 Å². The van der Waals surface area contributed by atoms with E-state index >= 15 is 0 Å². The number of nitrogens with zero attached hydrogens (tertiary/aromatic N) is 2. The zero-order valence-corrected chi connectivity index (χ0v) is 22.8. The summed E-state index contributed by atoms with van der Waals surface area (Å²) in [7, 11) is -3.11. The molecule has 2 aromatic heterocycles. The van der Waals surface area contributed by atoms with E-state index in [2.05, 4.69) is 23.8 Å². The molecule has 6 nitrogen and oxygen atoms in total. The van der Waals surface area contributed by atoms with Gasteiger partial charge in [0.15, 0.2) is 5.78 Å². The van der Waals surface area contributed by atoms with Gasteiger partial charge in [-0.1, -0.05) is 19.9 Å². The number of halogens is 3. The number of hydrogen-bond donors (Lipinski definition) is 0. The van der Waals surface area contributed by atoms with Gasteiger partial charge in [0.05, 0.1) is 24.0 Å². The Bertz CT molecular complexity index is 1430. The summed E-state index contributed by atoms with van der Waals surface area (Å²) < 4.78 is 72.0. The lowest BCUT2D eigenvalue weighted by molar-refractivity contribution is -0.0361. The molecule has 0 spiro atoms. The number of carbonyl (C=O) groups excluding carboxylic acids is 1. The molecule has 208 valence electrons. The Labute approximate surface area is 226 Å². The van der Waals surface area contributed by atoms with Gasteiger partial charge in [0.1, 0.15) is 38.7 Å². The van der Waals surface area contributed by atoms with Gasteiger partial charge in [-0.15, -0.1) is 0 Å². The van der Waals surface area contributed by atoms with E-state index in [1.807, 2.05) is 6.07 Å². The Morgan fingerprint density at radius 3 is 2.31 bits per heavy atom. The third-order valence-electron chi connectivity index (χ3n) is 7.26. The highest BCUT2D eigenvalue weighted by molar-refractivity contribution is 7.90. The summed E-state index contributed by atoms with van der Waals surface area (Å²) in [5.41, 5.74) is 0.390. The average molecular weight is 561 g/mol. The van der Waals surface area contributed by atoms with Gasteiger partial charge in [0.2, 0.25) is 0 Å². The number of pyridine rings is 2. The number of sulfone groups is 1. The topological polar surface area (TPSA) is 86.2 Å². The van der Waals surface area contributed by atoms with Crippen LogP contribution in [0, 0.1) is 29.3 Å². The number of benzene rings is 1. The second-order valence-corrected chi connectivity index (χ2v) is 12.6. The van der Waals surface area contributed by atoms with Gasteiger partial charge in [0, 0.05) is 25.1 Å². The first-order valence-corrected chi connectivity index (χ1v) is 14.9. The first-order valence-electron chi connectivity index (χ1n) is 12.8. The molecule has 1 saturated carbocycles. The highest BCUT2D eigenvalue weighted by Gasteiger charge is 2.35. The van der Waals surface area contributed by atoms with Crippen LogP contribution in [-0.2, 0) is 21.0 Å². The number of ether oxygens (including phenoxy) is 1.